The third-order valence-electron chi connectivity index (χ3n) is 3.56. The Balaban J connectivity index is 2.98. The van der Waals surface area contributed by atoms with Crippen molar-refractivity contribution >= 4 is 5.97 Å². The third kappa shape index (κ3) is 2.07. The average Bonchev–Trinajstić information content (AvgIpc) is 2.16. The van der Waals surface area contributed by atoms with Crippen LogP contribution in [0.1, 0.15) is 39.5 Å². The first-order valence-electron chi connectivity index (χ1n) is 5.31. The first-order chi connectivity index (χ1) is 6.83. The van der Waals surface area contributed by atoms with Crippen LogP contribution in [0, 0.1) is 5.41 Å². The van der Waals surface area contributed by atoms with Crippen LogP contribution in [0.15, 0.2) is 12.2 Å². The molecule has 1 aliphatic rings. The van der Waals surface area contributed by atoms with E-state index in [1.165, 1.54) is 7.11 Å². The molecule has 0 atom stereocenters. The van der Waals surface area contributed by atoms with E-state index in [0.717, 1.165) is 18.4 Å². The Kier molecular flexibility index (Phi) is 3.24. The Morgan fingerprint density at radius 2 is 1.93 bits per heavy atom. The summed E-state index contributed by atoms with van der Waals surface area (Å²) in [6.45, 7) is 7.27. The van der Waals surface area contributed by atoms with E-state index in [1.54, 1.807) is 13.8 Å². The predicted octanol–water partition coefficient (Wildman–Crippen LogP) is 2.05. The highest BCUT2D eigenvalue weighted by atomic mass is 16.5. The quantitative estimate of drug-likeness (QED) is 0.563. The van der Waals surface area contributed by atoms with Crippen LogP contribution in [0.3, 0.4) is 0 Å². The second-order valence-corrected chi connectivity index (χ2v) is 4.88. The normalized spacial score (nSPS) is 21.2. The van der Waals surface area contributed by atoms with Crippen LogP contribution < -0.4 is 0 Å². The van der Waals surface area contributed by atoms with E-state index in [0.29, 0.717) is 12.8 Å². The third-order valence-corrected chi connectivity index (χ3v) is 3.56. The van der Waals surface area contributed by atoms with Gasteiger partial charge in [0.15, 0.2) is 0 Å². The van der Waals surface area contributed by atoms with E-state index in [-0.39, 0.29) is 5.97 Å². The fourth-order valence-corrected chi connectivity index (χ4v) is 2.29. The SMILES string of the molecule is C=C1CCC(C(=O)OC)(C(C)(C)O)CC1. The van der Waals surface area contributed by atoms with Crippen molar-refractivity contribution in [2.24, 2.45) is 5.41 Å². The Morgan fingerprint density at radius 1 is 1.47 bits per heavy atom. The topological polar surface area (TPSA) is 46.5 Å². The van der Waals surface area contributed by atoms with Gasteiger partial charge in [0.05, 0.1) is 18.1 Å². The van der Waals surface area contributed by atoms with E-state index in [4.69, 9.17) is 4.74 Å². The molecule has 1 fully saturated rings. The number of rotatable bonds is 2. The molecule has 0 aliphatic heterocycles. The fraction of sp³-hybridized carbons (Fsp3) is 0.750. The van der Waals surface area contributed by atoms with Crippen LogP contribution in [0.2, 0.25) is 0 Å². The fourth-order valence-electron chi connectivity index (χ4n) is 2.29. The lowest BCUT2D eigenvalue weighted by atomic mass is 9.63. The first-order valence-corrected chi connectivity index (χ1v) is 5.31. The zero-order chi connectivity index (χ0) is 11.7. The van der Waals surface area contributed by atoms with Gasteiger partial charge in [-0.05, 0) is 39.5 Å². The number of ether oxygens (including phenoxy) is 1. The molecule has 0 aromatic heterocycles. The molecule has 3 heteroatoms. The maximum absolute atomic E-state index is 11.8. The van der Waals surface area contributed by atoms with Gasteiger partial charge in [-0.2, -0.15) is 0 Å². The average molecular weight is 212 g/mol. The summed E-state index contributed by atoms with van der Waals surface area (Å²) >= 11 is 0. The number of allylic oxidation sites excluding steroid dienone is 1. The number of carbonyl (C=O) groups excluding carboxylic acids is 1. The molecule has 1 saturated carbocycles. The van der Waals surface area contributed by atoms with Crippen molar-refractivity contribution in [2.45, 2.75) is 45.1 Å². The minimum absolute atomic E-state index is 0.303. The van der Waals surface area contributed by atoms with Crippen molar-refractivity contribution in [2.75, 3.05) is 7.11 Å². The number of hydrogen-bond acceptors (Lipinski definition) is 3. The Labute approximate surface area is 91.1 Å². The summed E-state index contributed by atoms with van der Waals surface area (Å²) in [7, 11) is 1.37. The molecule has 0 amide bonds. The number of methoxy groups -OCH3 is 1. The molecule has 1 rings (SSSR count). The minimum atomic E-state index is -1.04. The van der Waals surface area contributed by atoms with Gasteiger partial charge in [-0.3, -0.25) is 4.79 Å². The van der Waals surface area contributed by atoms with Gasteiger partial charge in [0, 0.05) is 0 Å². The number of carbonyl (C=O) groups is 1. The smallest absolute Gasteiger partial charge is 0.314 e. The van der Waals surface area contributed by atoms with E-state index in [1.807, 2.05) is 0 Å². The maximum atomic E-state index is 11.8. The van der Waals surface area contributed by atoms with E-state index >= 15 is 0 Å². The Bertz CT molecular complexity index is 263. The second-order valence-electron chi connectivity index (χ2n) is 4.88. The van der Waals surface area contributed by atoms with Crippen LogP contribution >= 0.6 is 0 Å². The van der Waals surface area contributed by atoms with Gasteiger partial charge in [0.1, 0.15) is 0 Å². The van der Waals surface area contributed by atoms with Crippen LogP contribution in [0.4, 0.5) is 0 Å². The first kappa shape index (κ1) is 12.2. The summed E-state index contributed by atoms with van der Waals surface area (Å²) in [6, 6.07) is 0. The van der Waals surface area contributed by atoms with Crippen LogP contribution in [-0.2, 0) is 9.53 Å². The summed E-state index contributed by atoms with van der Waals surface area (Å²) in [5, 5.41) is 10.2. The lowest BCUT2D eigenvalue weighted by molar-refractivity contribution is -0.172. The van der Waals surface area contributed by atoms with Crippen molar-refractivity contribution in [1.29, 1.82) is 0 Å². The Hall–Kier alpha value is -0.830. The van der Waals surface area contributed by atoms with Gasteiger partial charge in [-0.1, -0.05) is 12.2 Å². The lowest BCUT2D eigenvalue weighted by Crippen LogP contribution is -2.51. The van der Waals surface area contributed by atoms with E-state index < -0.39 is 11.0 Å². The highest BCUT2D eigenvalue weighted by Crippen LogP contribution is 2.46. The number of aliphatic hydroxyl groups is 1. The summed E-state index contributed by atoms with van der Waals surface area (Å²) in [5.74, 6) is -0.303. The molecule has 86 valence electrons. The molecule has 0 aromatic rings. The molecule has 0 radical (unpaired) electrons. The minimum Gasteiger partial charge on any atom is -0.469 e. The van der Waals surface area contributed by atoms with E-state index in [9.17, 15) is 9.90 Å². The number of hydrogen-bond donors (Lipinski definition) is 1. The standard InChI is InChI=1S/C12H20O3/c1-9-5-7-12(8-6-9,10(13)15-4)11(2,3)14/h14H,1,5-8H2,2-4H3. The molecule has 0 spiro atoms. The molecule has 15 heavy (non-hydrogen) atoms. The van der Waals surface area contributed by atoms with Crippen molar-refractivity contribution in [3.8, 4) is 0 Å². The van der Waals surface area contributed by atoms with Crippen molar-refractivity contribution in [3.63, 3.8) is 0 Å². The summed E-state index contributed by atoms with van der Waals surface area (Å²) < 4.78 is 4.83. The molecule has 1 N–H and O–H groups in total. The molecule has 3 nitrogen and oxygen atoms in total. The van der Waals surface area contributed by atoms with Gasteiger partial charge < -0.3 is 9.84 Å². The van der Waals surface area contributed by atoms with Gasteiger partial charge >= 0.3 is 5.97 Å². The molecule has 0 saturated heterocycles. The molecular formula is C12H20O3. The Morgan fingerprint density at radius 3 is 2.27 bits per heavy atom. The maximum Gasteiger partial charge on any atom is 0.314 e. The monoisotopic (exact) mass is 212 g/mol. The van der Waals surface area contributed by atoms with Crippen LogP contribution in [0.25, 0.3) is 0 Å². The molecular weight excluding hydrogens is 192 g/mol. The van der Waals surface area contributed by atoms with Crippen LogP contribution in [0.5, 0.6) is 0 Å². The zero-order valence-electron chi connectivity index (χ0n) is 9.80. The van der Waals surface area contributed by atoms with Crippen molar-refractivity contribution in [1.82, 2.24) is 0 Å². The summed E-state index contributed by atoms with van der Waals surface area (Å²) in [6.07, 6.45) is 2.84. The largest absolute Gasteiger partial charge is 0.469 e. The van der Waals surface area contributed by atoms with Gasteiger partial charge in [0.2, 0.25) is 0 Å². The molecule has 0 aromatic carbocycles. The molecule has 1 aliphatic carbocycles. The highest BCUT2D eigenvalue weighted by Gasteiger charge is 2.51. The molecule has 0 bridgehead atoms. The summed E-state index contributed by atoms with van der Waals surface area (Å²) in [5.41, 5.74) is -0.650. The van der Waals surface area contributed by atoms with Crippen molar-refractivity contribution in [3.05, 3.63) is 12.2 Å². The molecule has 0 heterocycles. The predicted molar refractivity (Wildman–Crippen MR) is 58.4 cm³/mol. The van der Waals surface area contributed by atoms with Gasteiger partial charge in [-0.25, -0.2) is 0 Å². The lowest BCUT2D eigenvalue weighted by Gasteiger charge is -2.43. The van der Waals surface area contributed by atoms with Gasteiger partial charge in [-0.15, -0.1) is 0 Å². The summed E-state index contributed by atoms with van der Waals surface area (Å²) in [4.78, 5) is 11.8. The highest BCUT2D eigenvalue weighted by molar-refractivity contribution is 5.78. The van der Waals surface area contributed by atoms with Gasteiger partial charge in [0.25, 0.3) is 0 Å². The second kappa shape index (κ2) is 3.97. The molecule has 0 unspecified atom stereocenters. The van der Waals surface area contributed by atoms with Crippen LogP contribution in [-0.4, -0.2) is 23.8 Å². The van der Waals surface area contributed by atoms with Crippen molar-refractivity contribution < 1.29 is 14.6 Å². The van der Waals surface area contributed by atoms with E-state index in [2.05, 4.69) is 6.58 Å². The number of esters is 1. The zero-order valence-corrected chi connectivity index (χ0v) is 9.80.